The number of nitrogens with zero attached hydrogens (tertiary/aromatic N) is 1. The number of rotatable bonds is 2. The van der Waals surface area contributed by atoms with Gasteiger partial charge in [-0.05, 0) is 63.3 Å². The minimum absolute atomic E-state index is 0.165. The van der Waals surface area contributed by atoms with Crippen molar-refractivity contribution in [2.24, 2.45) is 0 Å². The summed E-state index contributed by atoms with van der Waals surface area (Å²) < 4.78 is 18.7. The molecule has 0 spiro atoms. The first-order valence-electron chi connectivity index (χ1n) is 8.34. The maximum atomic E-state index is 13.3. The lowest BCUT2D eigenvalue weighted by atomic mass is 10.1. The zero-order chi connectivity index (χ0) is 16.6. The maximum absolute atomic E-state index is 13.3. The molecular formula is C18H25FN2O2. The smallest absolute Gasteiger partial charge is 0.410 e. The molecule has 1 fully saturated rings. The highest BCUT2D eigenvalue weighted by molar-refractivity contribution is 5.68. The number of halogens is 1. The number of hydrogen-bond donors (Lipinski definition) is 1. The van der Waals surface area contributed by atoms with Gasteiger partial charge in [0.25, 0.3) is 0 Å². The van der Waals surface area contributed by atoms with Gasteiger partial charge in [-0.2, -0.15) is 0 Å². The van der Waals surface area contributed by atoms with Crippen LogP contribution in [0.2, 0.25) is 0 Å². The van der Waals surface area contributed by atoms with E-state index >= 15 is 0 Å². The number of fused-ring (bicyclic) bond motifs is 1. The van der Waals surface area contributed by atoms with Crippen LogP contribution in [0.3, 0.4) is 0 Å². The molecule has 4 nitrogen and oxygen atoms in total. The molecule has 5 heteroatoms. The fraction of sp³-hybridized carbons (Fsp3) is 0.611. The van der Waals surface area contributed by atoms with E-state index in [9.17, 15) is 9.18 Å². The van der Waals surface area contributed by atoms with Crippen LogP contribution >= 0.6 is 0 Å². The van der Waals surface area contributed by atoms with Gasteiger partial charge in [0.05, 0.1) is 0 Å². The van der Waals surface area contributed by atoms with Crippen molar-refractivity contribution in [3.8, 4) is 0 Å². The molecule has 1 aliphatic heterocycles. The molecule has 1 saturated heterocycles. The van der Waals surface area contributed by atoms with E-state index in [2.05, 4.69) is 5.32 Å². The molecule has 0 radical (unpaired) electrons. The molecular weight excluding hydrogens is 295 g/mol. The van der Waals surface area contributed by atoms with Crippen LogP contribution in [0.15, 0.2) is 18.2 Å². The van der Waals surface area contributed by atoms with Crippen LogP contribution in [0.25, 0.3) is 0 Å². The van der Waals surface area contributed by atoms with Crippen LogP contribution in [0.1, 0.15) is 50.8 Å². The average Bonchev–Trinajstić information content (AvgIpc) is 3.05. The van der Waals surface area contributed by atoms with Crippen LogP contribution < -0.4 is 5.32 Å². The number of carbonyl (C=O) groups is 1. The van der Waals surface area contributed by atoms with Gasteiger partial charge in [-0.3, -0.25) is 0 Å². The van der Waals surface area contributed by atoms with Crippen molar-refractivity contribution in [2.75, 3.05) is 13.1 Å². The van der Waals surface area contributed by atoms with Crippen molar-refractivity contribution in [2.45, 2.75) is 57.7 Å². The Hall–Kier alpha value is -1.62. The Morgan fingerprint density at radius 2 is 2.13 bits per heavy atom. The Labute approximate surface area is 137 Å². The van der Waals surface area contributed by atoms with Gasteiger partial charge in [-0.25, -0.2) is 9.18 Å². The zero-order valence-corrected chi connectivity index (χ0v) is 14.1. The van der Waals surface area contributed by atoms with Gasteiger partial charge < -0.3 is 15.0 Å². The molecule has 0 saturated carbocycles. The number of benzene rings is 1. The van der Waals surface area contributed by atoms with Crippen molar-refractivity contribution in [3.63, 3.8) is 0 Å². The van der Waals surface area contributed by atoms with Crippen molar-refractivity contribution in [1.82, 2.24) is 10.2 Å². The largest absolute Gasteiger partial charge is 0.444 e. The number of hydrogen-bond acceptors (Lipinski definition) is 3. The van der Waals surface area contributed by atoms with E-state index in [1.165, 1.54) is 11.6 Å². The second kappa shape index (κ2) is 6.11. The summed E-state index contributed by atoms with van der Waals surface area (Å²) in [4.78, 5) is 13.9. The summed E-state index contributed by atoms with van der Waals surface area (Å²) in [5, 5.41) is 3.63. The van der Waals surface area contributed by atoms with Crippen molar-refractivity contribution >= 4 is 6.09 Å². The molecule has 1 amide bonds. The van der Waals surface area contributed by atoms with E-state index in [0.29, 0.717) is 6.54 Å². The number of ether oxygens (including phenoxy) is 1. The lowest BCUT2D eigenvalue weighted by Gasteiger charge is -2.25. The molecule has 1 aromatic carbocycles. The third-order valence-electron chi connectivity index (χ3n) is 4.46. The highest BCUT2D eigenvalue weighted by Gasteiger charge is 2.32. The topological polar surface area (TPSA) is 41.6 Å². The zero-order valence-electron chi connectivity index (χ0n) is 14.1. The summed E-state index contributed by atoms with van der Waals surface area (Å²) in [7, 11) is 0. The molecule has 3 rings (SSSR count). The summed E-state index contributed by atoms with van der Waals surface area (Å²) in [5.41, 5.74) is 1.84. The predicted molar refractivity (Wildman–Crippen MR) is 86.8 cm³/mol. The molecule has 2 atom stereocenters. The fourth-order valence-corrected chi connectivity index (χ4v) is 3.43. The third-order valence-corrected chi connectivity index (χ3v) is 4.46. The van der Waals surface area contributed by atoms with Gasteiger partial charge >= 0.3 is 6.09 Å². The summed E-state index contributed by atoms with van der Waals surface area (Å²) in [5.74, 6) is -0.165. The second-order valence-electron chi connectivity index (χ2n) is 7.51. The normalized spacial score (nSPS) is 23.9. The number of nitrogens with one attached hydrogen (secondary N) is 1. The molecule has 2 aliphatic rings. The maximum Gasteiger partial charge on any atom is 0.410 e. The SMILES string of the molecule is CC(C)(C)OC(=O)N1CCC(NC2CCc3cc(F)ccc32)C1. The lowest BCUT2D eigenvalue weighted by Crippen LogP contribution is -2.39. The van der Waals surface area contributed by atoms with E-state index in [0.717, 1.165) is 31.4 Å². The van der Waals surface area contributed by atoms with Crippen LogP contribution in [-0.4, -0.2) is 35.7 Å². The molecule has 2 unspecified atom stereocenters. The van der Waals surface area contributed by atoms with Crippen molar-refractivity contribution in [3.05, 3.63) is 35.1 Å². The number of amides is 1. The summed E-state index contributed by atoms with van der Waals surface area (Å²) in [6.07, 6.45) is 2.58. The van der Waals surface area contributed by atoms with Gasteiger partial charge in [0, 0.05) is 25.2 Å². The van der Waals surface area contributed by atoms with Gasteiger partial charge in [0.2, 0.25) is 0 Å². The number of likely N-dealkylation sites (tertiary alicyclic amines) is 1. The highest BCUT2D eigenvalue weighted by atomic mass is 19.1. The summed E-state index contributed by atoms with van der Waals surface area (Å²) >= 11 is 0. The quantitative estimate of drug-likeness (QED) is 0.908. The van der Waals surface area contributed by atoms with E-state index in [1.807, 2.05) is 26.8 Å². The van der Waals surface area contributed by atoms with Gasteiger partial charge in [0.1, 0.15) is 11.4 Å². The predicted octanol–water partition coefficient (Wildman–Crippen LogP) is 3.41. The first-order chi connectivity index (χ1) is 10.8. The summed E-state index contributed by atoms with van der Waals surface area (Å²) in [6.45, 7) is 7.03. The Morgan fingerprint density at radius 3 is 2.87 bits per heavy atom. The van der Waals surface area contributed by atoms with E-state index in [-0.39, 0.29) is 24.0 Å². The standard InChI is InChI=1S/C18H25FN2O2/c1-18(2,3)23-17(22)21-9-8-14(11-21)20-16-7-4-12-10-13(19)5-6-15(12)16/h5-6,10,14,16,20H,4,7-9,11H2,1-3H3. The first-order valence-corrected chi connectivity index (χ1v) is 8.34. The Balaban J connectivity index is 1.56. The van der Waals surface area contributed by atoms with Crippen LogP contribution in [0.5, 0.6) is 0 Å². The molecule has 1 N–H and O–H groups in total. The molecule has 1 aromatic rings. The van der Waals surface area contributed by atoms with Crippen molar-refractivity contribution < 1.29 is 13.9 Å². The van der Waals surface area contributed by atoms with Crippen LogP contribution in [-0.2, 0) is 11.2 Å². The van der Waals surface area contributed by atoms with Crippen LogP contribution in [0.4, 0.5) is 9.18 Å². The Kier molecular flexibility index (Phi) is 4.32. The molecule has 126 valence electrons. The molecule has 23 heavy (non-hydrogen) atoms. The van der Waals surface area contributed by atoms with Crippen molar-refractivity contribution in [1.29, 1.82) is 0 Å². The highest BCUT2D eigenvalue weighted by Crippen LogP contribution is 2.32. The van der Waals surface area contributed by atoms with Gasteiger partial charge in [-0.1, -0.05) is 6.07 Å². The fourth-order valence-electron chi connectivity index (χ4n) is 3.43. The van der Waals surface area contributed by atoms with E-state index in [1.54, 1.807) is 11.0 Å². The van der Waals surface area contributed by atoms with Gasteiger partial charge in [-0.15, -0.1) is 0 Å². The van der Waals surface area contributed by atoms with E-state index in [4.69, 9.17) is 4.74 Å². The molecule has 0 aromatic heterocycles. The molecule has 1 aliphatic carbocycles. The van der Waals surface area contributed by atoms with Crippen LogP contribution in [0, 0.1) is 5.82 Å². The third kappa shape index (κ3) is 3.83. The van der Waals surface area contributed by atoms with E-state index < -0.39 is 5.60 Å². The second-order valence-corrected chi connectivity index (χ2v) is 7.51. The monoisotopic (exact) mass is 320 g/mol. The first kappa shape index (κ1) is 16.2. The molecule has 1 heterocycles. The number of aryl methyl sites for hydroxylation is 1. The lowest BCUT2D eigenvalue weighted by molar-refractivity contribution is 0.0290. The molecule has 0 bridgehead atoms. The number of carbonyl (C=O) groups excluding carboxylic acids is 1. The summed E-state index contributed by atoms with van der Waals surface area (Å²) in [6, 6.07) is 5.58. The minimum Gasteiger partial charge on any atom is -0.444 e. The van der Waals surface area contributed by atoms with Gasteiger partial charge in [0.15, 0.2) is 0 Å². The Morgan fingerprint density at radius 1 is 1.35 bits per heavy atom. The minimum atomic E-state index is -0.461. The average molecular weight is 320 g/mol. The Bertz CT molecular complexity index is 597.